The maximum Gasteiger partial charge on any atom is 0.162 e. The Morgan fingerprint density at radius 3 is 2.27 bits per heavy atom. The molecule has 0 nitrogen and oxygen atoms in total. The van der Waals surface area contributed by atoms with Gasteiger partial charge in [0.2, 0.25) is 0 Å². The summed E-state index contributed by atoms with van der Waals surface area (Å²) in [6, 6.07) is 0. The van der Waals surface area contributed by atoms with E-state index in [-0.39, 0.29) is 4.17 Å². The van der Waals surface area contributed by atoms with E-state index >= 15 is 0 Å². The van der Waals surface area contributed by atoms with Crippen molar-refractivity contribution in [3.63, 3.8) is 0 Å². The van der Waals surface area contributed by atoms with Gasteiger partial charge >= 0.3 is 0 Å². The minimum atomic E-state index is -0.262. The van der Waals surface area contributed by atoms with E-state index in [1.807, 2.05) is 10.8 Å². The Hall–Kier alpha value is 1.28. The molecule has 66 valence electrons. The van der Waals surface area contributed by atoms with E-state index in [2.05, 4.69) is 0 Å². The lowest BCUT2D eigenvalue weighted by molar-refractivity contribution is 0.517. The van der Waals surface area contributed by atoms with Crippen LogP contribution in [-0.2, 0) is 0 Å². The molecule has 0 N–H and O–H groups in total. The van der Waals surface area contributed by atoms with Gasteiger partial charge in [0, 0.05) is 5.25 Å². The molecule has 0 heterocycles. The molecular formula is C7H12Cl2S2. The van der Waals surface area contributed by atoms with Gasteiger partial charge in [0.1, 0.15) is 0 Å². The highest BCUT2D eigenvalue weighted by Crippen LogP contribution is 2.40. The predicted octanol–water partition coefficient (Wildman–Crippen LogP) is 4.46. The van der Waals surface area contributed by atoms with Crippen LogP contribution in [0.5, 0.6) is 0 Å². The van der Waals surface area contributed by atoms with Gasteiger partial charge in [-0.25, -0.2) is 0 Å². The van der Waals surface area contributed by atoms with Crippen LogP contribution in [0.15, 0.2) is 0 Å². The van der Waals surface area contributed by atoms with Gasteiger partial charge < -0.3 is 0 Å². The molecule has 4 heteroatoms. The maximum atomic E-state index is 5.60. The van der Waals surface area contributed by atoms with Crippen molar-refractivity contribution in [2.45, 2.75) is 41.5 Å². The van der Waals surface area contributed by atoms with Crippen LogP contribution in [0.1, 0.15) is 32.1 Å². The molecule has 0 saturated heterocycles. The minimum absolute atomic E-state index is 0.262. The van der Waals surface area contributed by atoms with Gasteiger partial charge in [-0.05, 0) is 12.8 Å². The van der Waals surface area contributed by atoms with E-state index in [4.69, 9.17) is 23.2 Å². The minimum Gasteiger partial charge on any atom is -0.0923 e. The molecule has 0 spiro atoms. The third kappa shape index (κ3) is 4.76. The van der Waals surface area contributed by atoms with Gasteiger partial charge in [-0.3, -0.25) is 0 Å². The highest BCUT2D eigenvalue weighted by Gasteiger charge is 2.15. The fourth-order valence-corrected chi connectivity index (χ4v) is 4.11. The molecule has 11 heavy (non-hydrogen) atoms. The highest BCUT2D eigenvalue weighted by molar-refractivity contribution is 8.77. The van der Waals surface area contributed by atoms with Crippen LogP contribution in [0.25, 0.3) is 0 Å². The van der Waals surface area contributed by atoms with Crippen LogP contribution in [0.4, 0.5) is 0 Å². The van der Waals surface area contributed by atoms with Crippen LogP contribution in [0.2, 0.25) is 0 Å². The zero-order valence-electron chi connectivity index (χ0n) is 6.26. The maximum absolute atomic E-state index is 5.60. The fourth-order valence-electron chi connectivity index (χ4n) is 1.28. The van der Waals surface area contributed by atoms with E-state index in [1.54, 1.807) is 10.8 Å². The zero-order valence-corrected chi connectivity index (χ0v) is 9.41. The summed E-state index contributed by atoms with van der Waals surface area (Å²) >= 11 is 11.2. The van der Waals surface area contributed by atoms with Gasteiger partial charge in [-0.1, -0.05) is 64.1 Å². The molecule has 0 unspecified atom stereocenters. The molecule has 0 bridgehead atoms. The third-order valence-corrected chi connectivity index (χ3v) is 5.71. The molecule has 1 rings (SSSR count). The Morgan fingerprint density at radius 2 is 1.73 bits per heavy atom. The van der Waals surface area contributed by atoms with Gasteiger partial charge in [0.15, 0.2) is 4.17 Å². The van der Waals surface area contributed by atoms with Crippen molar-refractivity contribution in [3.05, 3.63) is 0 Å². The second-order valence-corrected chi connectivity index (χ2v) is 7.00. The molecule has 0 aromatic heterocycles. The van der Waals surface area contributed by atoms with E-state index in [9.17, 15) is 0 Å². The van der Waals surface area contributed by atoms with Gasteiger partial charge in [0.05, 0.1) is 0 Å². The molecule has 1 aliphatic carbocycles. The number of hydrogen-bond acceptors (Lipinski definition) is 2. The summed E-state index contributed by atoms with van der Waals surface area (Å²) in [6.45, 7) is 0. The Labute approximate surface area is 86.2 Å². The molecule has 0 aromatic carbocycles. The van der Waals surface area contributed by atoms with Crippen molar-refractivity contribution in [1.82, 2.24) is 0 Å². The summed E-state index contributed by atoms with van der Waals surface area (Å²) in [6.07, 6.45) is 6.87. The van der Waals surface area contributed by atoms with Crippen molar-refractivity contribution in [2.24, 2.45) is 0 Å². The lowest BCUT2D eigenvalue weighted by Gasteiger charge is -2.20. The Balaban J connectivity index is 2.05. The first-order valence-electron chi connectivity index (χ1n) is 3.89. The fraction of sp³-hybridized carbons (Fsp3) is 1.00. The smallest absolute Gasteiger partial charge is 0.0923 e. The number of hydrogen-bond donors (Lipinski definition) is 0. The average Bonchev–Trinajstić information content (AvgIpc) is 2.03. The summed E-state index contributed by atoms with van der Waals surface area (Å²) in [5, 5.41) is 0.800. The third-order valence-electron chi connectivity index (χ3n) is 1.82. The summed E-state index contributed by atoms with van der Waals surface area (Å²) in [7, 11) is 3.44. The lowest BCUT2D eigenvalue weighted by atomic mass is 10.0. The SMILES string of the molecule is ClC(Cl)SSC1CCCCC1. The molecule has 0 amide bonds. The summed E-state index contributed by atoms with van der Waals surface area (Å²) < 4.78 is -0.262. The molecule has 1 aliphatic rings. The molecule has 0 aromatic rings. The largest absolute Gasteiger partial charge is 0.162 e. The number of rotatable bonds is 3. The number of alkyl halides is 2. The normalized spacial score (nSPS) is 21.0. The zero-order chi connectivity index (χ0) is 8.10. The summed E-state index contributed by atoms with van der Waals surface area (Å²) in [5.41, 5.74) is 0. The first kappa shape index (κ1) is 10.4. The highest BCUT2D eigenvalue weighted by atomic mass is 35.5. The van der Waals surface area contributed by atoms with Gasteiger partial charge in [-0.2, -0.15) is 0 Å². The molecule has 0 aliphatic heterocycles. The van der Waals surface area contributed by atoms with Crippen LogP contribution >= 0.6 is 44.8 Å². The van der Waals surface area contributed by atoms with E-state index in [0.717, 1.165) is 5.25 Å². The van der Waals surface area contributed by atoms with Crippen molar-refractivity contribution in [1.29, 1.82) is 0 Å². The lowest BCUT2D eigenvalue weighted by Crippen LogP contribution is -2.06. The predicted molar refractivity (Wildman–Crippen MR) is 57.5 cm³/mol. The molecule has 1 fully saturated rings. The molecule has 0 radical (unpaired) electrons. The topological polar surface area (TPSA) is 0 Å². The average molecular weight is 231 g/mol. The molecule has 1 saturated carbocycles. The van der Waals surface area contributed by atoms with Crippen molar-refractivity contribution in [2.75, 3.05) is 0 Å². The second kappa shape index (κ2) is 5.85. The Morgan fingerprint density at radius 1 is 1.09 bits per heavy atom. The Kier molecular flexibility index (Phi) is 5.51. The van der Waals surface area contributed by atoms with Crippen molar-refractivity contribution < 1.29 is 0 Å². The van der Waals surface area contributed by atoms with Gasteiger partial charge in [0.25, 0.3) is 0 Å². The van der Waals surface area contributed by atoms with E-state index < -0.39 is 0 Å². The number of halogens is 2. The van der Waals surface area contributed by atoms with Crippen LogP contribution in [0, 0.1) is 0 Å². The quantitative estimate of drug-likeness (QED) is 0.519. The van der Waals surface area contributed by atoms with E-state index in [1.165, 1.54) is 32.1 Å². The standard InChI is InChI=1S/C7H12Cl2S2/c8-7(9)11-10-6-4-2-1-3-5-6/h6-7H,1-5H2. The van der Waals surface area contributed by atoms with Crippen LogP contribution in [0.3, 0.4) is 0 Å². The Bertz CT molecular complexity index is 103. The van der Waals surface area contributed by atoms with Crippen LogP contribution in [-0.4, -0.2) is 9.42 Å². The second-order valence-electron chi connectivity index (χ2n) is 2.71. The first-order valence-corrected chi connectivity index (χ1v) is 7.04. The summed E-state index contributed by atoms with van der Waals surface area (Å²) in [4.78, 5) is 0. The molecular weight excluding hydrogens is 219 g/mol. The summed E-state index contributed by atoms with van der Waals surface area (Å²) in [5.74, 6) is 0. The van der Waals surface area contributed by atoms with Gasteiger partial charge in [-0.15, -0.1) is 0 Å². The van der Waals surface area contributed by atoms with Crippen LogP contribution < -0.4 is 0 Å². The molecule has 0 atom stereocenters. The monoisotopic (exact) mass is 230 g/mol. The first-order chi connectivity index (χ1) is 5.29. The van der Waals surface area contributed by atoms with Crippen molar-refractivity contribution >= 4 is 44.8 Å². The van der Waals surface area contributed by atoms with E-state index in [0.29, 0.717) is 0 Å². The van der Waals surface area contributed by atoms with Crippen molar-refractivity contribution in [3.8, 4) is 0 Å².